The van der Waals surface area contributed by atoms with E-state index in [9.17, 15) is 0 Å². The molecule has 3 heterocycles. The van der Waals surface area contributed by atoms with Crippen molar-refractivity contribution in [2.75, 3.05) is 31.6 Å². The van der Waals surface area contributed by atoms with Crippen LogP contribution in [0.3, 0.4) is 0 Å². The SMILES string of the molecule is c1ccc2c(NCC3CN4CCCC4CO3)ccnc2c1. The molecular formula is C17H21N3O. The molecule has 1 aromatic carbocycles. The molecule has 4 rings (SSSR count). The molecule has 0 aliphatic carbocycles. The average molecular weight is 283 g/mol. The molecule has 1 N–H and O–H groups in total. The highest BCUT2D eigenvalue weighted by atomic mass is 16.5. The van der Waals surface area contributed by atoms with Gasteiger partial charge in [-0.05, 0) is 31.5 Å². The van der Waals surface area contributed by atoms with E-state index in [-0.39, 0.29) is 6.10 Å². The number of aromatic nitrogens is 1. The molecule has 2 aliphatic heterocycles. The van der Waals surface area contributed by atoms with Gasteiger partial charge in [-0.2, -0.15) is 0 Å². The largest absolute Gasteiger partial charge is 0.382 e. The second-order valence-electron chi connectivity index (χ2n) is 6.00. The number of pyridine rings is 1. The summed E-state index contributed by atoms with van der Waals surface area (Å²) in [6.07, 6.45) is 4.77. The summed E-state index contributed by atoms with van der Waals surface area (Å²) >= 11 is 0. The first-order valence-corrected chi connectivity index (χ1v) is 7.83. The summed E-state index contributed by atoms with van der Waals surface area (Å²) in [6.45, 7) is 4.05. The molecule has 110 valence electrons. The van der Waals surface area contributed by atoms with Gasteiger partial charge in [-0.1, -0.05) is 18.2 Å². The van der Waals surface area contributed by atoms with Crippen LogP contribution in [0.2, 0.25) is 0 Å². The lowest BCUT2D eigenvalue weighted by Crippen LogP contribution is -2.48. The molecule has 4 heteroatoms. The topological polar surface area (TPSA) is 37.4 Å². The molecule has 4 nitrogen and oxygen atoms in total. The van der Waals surface area contributed by atoms with Crippen LogP contribution >= 0.6 is 0 Å². The van der Waals surface area contributed by atoms with Gasteiger partial charge in [0.1, 0.15) is 0 Å². The molecule has 0 bridgehead atoms. The zero-order valence-electron chi connectivity index (χ0n) is 12.2. The van der Waals surface area contributed by atoms with Crippen molar-refractivity contribution in [2.45, 2.75) is 25.0 Å². The number of hydrogen-bond donors (Lipinski definition) is 1. The summed E-state index contributed by atoms with van der Waals surface area (Å²) in [6, 6.07) is 11.0. The molecule has 0 radical (unpaired) electrons. The Morgan fingerprint density at radius 1 is 1.29 bits per heavy atom. The van der Waals surface area contributed by atoms with Crippen LogP contribution < -0.4 is 5.32 Å². The fourth-order valence-electron chi connectivity index (χ4n) is 3.48. The van der Waals surface area contributed by atoms with Crippen molar-refractivity contribution in [3.8, 4) is 0 Å². The van der Waals surface area contributed by atoms with Gasteiger partial charge in [0.15, 0.2) is 0 Å². The van der Waals surface area contributed by atoms with Crippen LogP contribution in [0, 0.1) is 0 Å². The summed E-state index contributed by atoms with van der Waals surface area (Å²) in [5.74, 6) is 0. The number of para-hydroxylation sites is 1. The van der Waals surface area contributed by atoms with Crippen LogP contribution in [0.1, 0.15) is 12.8 Å². The minimum absolute atomic E-state index is 0.284. The van der Waals surface area contributed by atoms with Crippen molar-refractivity contribution in [1.82, 2.24) is 9.88 Å². The van der Waals surface area contributed by atoms with Crippen LogP contribution in [0.5, 0.6) is 0 Å². The molecule has 1 aromatic heterocycles. The van der Waals surface area contributed by atoms with Crippen molar-refractivity contribution in [3.05, 3.63) is 36.5 Å². The van der Waals surface area contributed by atoms with Crippen LogP contribution in [-0.2, 0) is 4.74 Å². The summed E-state index contributed by atoms with van der Waals surface area (Å²) in [4.78, 5) is 6.98. The Bertz CT molecular complexity index is 625. The second kappa shape index (κ2) is 5.62. The molecule has 2 unspecified atom stereocenters. The maximum absolute atomic E-state index is 6.01. The highest BCUT2D eigenvalue weighted by molar-refractivity contribution is 5.90. The van der Waals surface area contributed by atoms with Crippen LogP contribution in [0.25, 0.3) is 10.9 Å². The highest BCUT2D eigenvalue weighted by Crippen LogP contribution is 2.24. The van der Waals surface area contributed by atoms with Gasteiger partial charge in [-0.15, -0.1) is 0 Å². The van der Waals surface area contributed by atoms with E-state index in [1.807, 2.05) is 24.4 Å². The molecule has 2 saturated heterocycles. The summed E-state index contributed by atoms with van der Waals surface area (Å²) < 4.78 is 6.01. The number of anilines is 1. The van der Waals surface area contributed by atoms with Gasteiger partial charge in [-0.25, -0.2) is 0 Å². The quantitative estimate of drug-likeness (QED) is 0.939. The van der Waals surface area contributed by atoms with E-state index in [1.54, 1.807) is 0 Å². The lowest BCUT2D eigenvalue weighted by atomic mass is 10.1. The Balaban J connectivity index is 1.44. The molecule has 0 spiro atoms. The third-order valence-electron chi connectivity index (χ3n) is 4.63. The van der Waals surface area contributed by atoms with E-state index in [0.717, 1.165) is 30.9 Å². The number of benzene rings is 1. The molecule has 2 fully saturated rings. The van der Waals surface area contributed by atoms with Gasteiger partial charge >= 0.3 is 0 Å². The molecule has 0 saturated carbocycles. The fourth-order valence-corrected chi connectivity index (χ4v) is 3.48. The van der Waals surface area contributed by atoms with E-state index in [1.165, 1.54) is 24.8 Å². The van der Waals surface area contributed by atoms with Crippen molar-refractivity contribution < 1.29 is 4.74 Å². The lowest BCUT2D eigenvalue weighted by molar-refractivity contribution is -0.0415. The molecule has 2 aromatic rings. The first-order valence-electron chi connectivity index (χ1n) is 7.83. The third kappa shape index (κ3) is 2.61. The average Bonchev–Trinajstić information content (AvgIpc) is 3.00. The predicted octanol–water partition coefficient (Wildman–Crippen LogP) is 2.51. The maximum Gasteiger partial charge on any atom is 0.0874 e. The van der Waals surface area contributed by atoms with E-state index < -0.39 is 0 Å². The number of hydrogen-bond acceptors (Lipinski definition) is 4. The van der Waals surface area contributed by atoms with Crippen LogP contribution in [0.15, 0.2) is 36.5 Å². The van der Waals surface area contributed by atoms with Crippen molar-refractivity contribution >= 4 is 16.6 Å². The van der Waals surface area contributed by atoms with Crippen molar-refractivity contribution in [2.24, 2.45) is 0 Å². The fraction of sp³-hybridized carbons (Fsp3) is 0.471. The van der Waals surface area contributed by atoms with Crippen molar-refractivity contribution in [1.29, 1.82) is 0 Å². The zero-order chi connectivity index (χ0) is 14.1. The third-order valence-corrected chi connectivity index (χ3v) is 4.63. The molecule has 21 heavy (non-hydrogen) atoms. The molecule has 2 atom stereocenters. The number of rotatable bonds is 3. The Morgan fingerprint density at radius 3 is 3.24 bits per heavy atom. The Hall–Kier alpha value is -1.65. The van der Waals surface area contributed by atoms with E-state index >= 15 is 0 Å². The lowest BCUT2D eigenvalue weighted by Gasteiger charge is -2.35. The van der Waals surface area contributed by atoms with E-state index in [4.69, 9.17) is 4.74 Å². The van der Waals surface area contributed by atoms with Gasteiger partial charge in [0.25, 0.3) is 0 Å². The predicted molar refractivity (Wildman–Crippen MR) is 84.6 cm³/mol. The first-order chi connectivity index (χ1) is 10.4. The van der Waals surface area contributed by atoms with E-state index in [0.29, 0.717) is 6.04 Å². The smallest absolute Gasteiger partial charge is 0.0874 e. The number of nitrogens with zero attached hydrogens (tertiary/aromatic N) is 2. The zero-order valence-corrected chi connectivity index (χ0v) is 12.2. The van der Waals surface area contributed by atoms with Gasteiger partial charge in [0.05, 0.1) is 18.2 Å². The number of ether oxygens (including phenoxy) is 1. The molecular weight excluding hydrogens is 262 g/mol. The van der Waals surface area contributed by atoms with Crippen LogP contribution in [0.4, 0.5) is 5.69 Å². The standard InChI is InChI=1S/C17H21N3O/c1-2-6-16-15(5-1)17(7-8-18-16)19-10-14-11-20-9-3-4-13(20)12-21-14/h1-2,5-8,13-14H,3-4,9-12H2,(H,18,19). The van der Waals surface area contributed by atoms with Crippen LogP contribution in [-0.4, -0.2) is 48.3 Å². The maximum atomic E-state index is 6.01. The monoisotopic (exact) mass is 283 g/mol. The Labute approximate surface area is 125 Å². The minimum Gasteiger partial charge on any atom is -0.382 e. The first kappa shape index (κ1) is 13.0. The highest BCUT2D eigenvalue weighted by Gasteiger charge is 2.31. The van der Waals surface area contributed by atoms with Gasteiger partial charge in [0, 0.05) is 36.4 Å². The summed E-state index contributed by atoms with van der Waals surface area (Å²) in [5, 5.41) is 4.72. The van der Waals surface area contributed by atoms with Crippen molar-refractivity contribution in [3.63, 3.8) is 0 Å². The number of fused-ring (bicyclic) bond motifs is 2. The molecule has 2 aliphatic rings. The second-order valence-corrected chi connectivity index (χ2v) is 6.00. The number of nitrogens with one attached hydrogen (secondary N) is 1. The normalized spacial score (nSPS) is 25.9. The van der Waals surface area contributed by atoms with Gasteiger partial charge < -0.3 is 10.1 Å². The van der Waals surface area contributed by atoms with E-state index in [2.05, 4.69) is 27.3 Å². The minimum atomic E-state index is 0.284. The number of morpholine rings is 1. The summed E-state index contributed by atoms with van der Waals surface area (Å²) in [7, 11) is 0. The Morgan fingerprint density at radius 2 is 2.24 bits per heavy atom. The van der Waals surface area contributed by atoms with Gasteiger partial charge in [0.2, 0.25) is 0 Å². The molecule has 0 amide bonds. The Kier molecular flexibility index (Phi) is 3.49. The van der Waals surface area contributed by atoms with Gasteiger partial charge in [-0.3, -0.25) is 9.88 Å². The summed E-state index contributed by atoms with van der Waals surface area (Å²) in [5.41, 5.74) is 2.18.